The summed E-state index contributed by atoms with van der Waals surface area (Å²) in [5.41, 5.74) is 2.54. The summed E-state index contributed by atoms with van der Waals surface area (Å²) in [6.07, 6.45) is 1.93. The number of ether oxygens (including phenoxy) is 2. The van der Waals surface area contributed by atoms with Crippen molar-refractivity contribution in [2.45, 2.75) is 52.6 Å². The van der Waals surface area contributed by atoms with E-state index in [-0.39, 0.29) is 18.1 Å². The number of likely N-dealkylation sites (N-methyl/N-ethyl adjacent to an activating group) is 1. The van der Waals surface area contributed by atoms with Crippen LogP contribution in [0.15, 0.2) is 12.1 Å². The molecule has 6 nitrogen and oxygen atoms in total. The van der Waals surface area contributed by atoms with Gasteiger partial charge in [0.2, 0.25) is 0 Å². The van der Waals surface area contributed by atoms with E-state index >= 15 is 0 Å². The number of carbonyl (C=O) groups excluding carboxylic acids is 1. The standard InChI is InChI=1S/C21H35N3O3/c1-7-10-22-21(25)23-19(14(3)4)20-16-13-18(27-6)17(26-5)12-15(16)9-11-24(20)8-2/h12-14,19-20H,7-11H2,1-6H3,(H2,22,23,25)/p+1/t19-,20-/m0/s1. The van der Waals surface area contributed by atoms with E-state index in [1.54, 1.807) is 14.2 Å². The molecule has 3 atom stereocenters. The Kier molecular flexibility index (Phi) is 7.78. The highest BCUT2D eigenvalue weighted by Gasteiger charge is 2.39. The van der Waals surface area contributed by atoms with E-state index < -0.39 is 0 Å². The van der Waals surface area contributed by atoms with Gasteiger partial charge in [-0.15, -0.1) is 0 Å². The van der Waals surface area contributed by atoms with Crippen molar-refractivity contribution >= 4 is 6.03 Å². The Morgan fingerprint density at radius 1 is 1.22 bits per heavy atom. The minimum Gasteiger partial charge on any atom is -0.493 e. The van der Waals surface area contributed by atoms with Gasteiger partial charge in [0.15, 0.2) is 11.5 Å². The number of methoxy groups -OCH3 is 2. The summed E-state index contributed by atoms with van der Waals surface area (Å²) in [5, 5.41) is 6.20. The van der Waals surface area contributed by atoms with Crippen LogP contribution in [-0.2, 0) is 6.42 Å². The molecule has 152 valence electrons. The number of urea groups is 1. The van der Waals surface area contributed by atoms with Gasteiger partial charge >= 0.3 is 6.03 Å². The van der Waals surface area contributed by atoms with Crippen molar-refractivity contribution in [2.75, 3.05) is 33.9 Å². The van der Waals surface area contributed by atoms with Crippen LogP contribution < -0.4 is 25.0 Å². The van der Waals surface area contributed by atoms with Crippen molar-refractivity contribution in [1.82, 2.24) is 10.6 Å². The molecule has 0 saturated heterocycles. The van der Waals surface area contributed by atoms with E-state index in [4.69, 9.17) is 9.47 Å². The van der Waals surface area contributed by atoms with Gasteiger partial charge in [-0.1, -0.05) is 20.8 Å². The van der Waals surface area contributed by atoms with E-state index in [2.05, 4.69) is 50.5 Å². The predicted molar refractivity (Wildman–Crippen MR) is 108 cm³/mol. The lowest BCUT2D eigenvalue weighted by Crippen LogP contribution is -3.14. The summed E-state index contributed by atoms with van der Waals surface area (Å²) in [5.74, 6) is 1.82. The quantitative estimate of drug-likeness (QED) is 0.648. The normalized spacial score (nSPS) is 20.0. The molecule has 3 N–H and O–H groups in total. The SMILES string of the molecule is CCCNC(=O)N[C@@H](C(C)C)[C@@H]1c2cc(OC)c(OC)cc2CC[NH+]1CC. The van der Waals surface area contributed by atoms with Crippen LogP contribution in [0.4, 0.5) is 4.79 Å². The molecule has 0 aromatic heterocycles. The second-order valence-electron chi connectivity index (χ2n) is 7.57. The molecule has 1 aliphatic heterocycles. The van der Waals surface area contributed by atoms with E-state index in [0.717, 1.165) is 37.4 Å². The molecule has 0 radical (unpaired) electrons. The zero-order chi connectivity index (χ0) is 20.0. The number of rotatable bonds is 8. The highest BCUT2D eigenvalue weighted by atomic mass is 16.5. The van der Waals surface area contributed by atoms with Gasteiger partial charge in [0.1, 0.15) is 6.04 Å². The average Bonchev–Trinajstić information content (AvgIpc) is 2.68. The van der Waals surface area contributed by atoms with Crippen LogP contribution in [-0.4, -0.2) is 45.9 Å². The van der Waals surface area contributed by atoms with Crippen LogP contribution >= 0.6 is 0 Å². The number of quaternary nitrogens is 1. The minimum atomic E-state index is -0.0846. The Morgan fingerprint density at radius 3 is 2.44 bits per heavy atom. The molecule has 1 heterocycles. The van der Waals surface area contributed by atoms with Crippen LogP contribution in [0.2, 0.25) is 0 Å². The lowest BCUT2D eigenvalue weighted by molar-refractivity contribution is -0.934. The van der Waals surface area contributed by atoms with Crippen LogP contribution in [0.3, 0.4) is 0 Å². The van der Waals surface area contributed by atoms with Crippen LogP contribution in [0.1, 0.15) is 51.3 Å². The number of fused-ring (bicyclic) bond motifs is 1. The molecule has 2 amide bonds. The molecule has 0 aliphatic carbocycles. The van der Waals surface area contributed by atoms with E-state index in [1.165, 1.54) is 16.0 Å². The maximum absolute atomic E-state index is 12.4. The third-order valence-corrected chi connectivity index (χ3v) is 5.50. The Morgan fingerprint density at radius 2 is 1.89 bits per heavy atom. The molecule has 1 aromatic carbocycles. The summed E-state index contributed by atoms with van der Waals surface area (Å²) in [4.78, 5) is 13.9. The van der Waals surface area contributed by atoms with Gasteiger partial charge in [-0.3, -0.25) is 0 Å². The zero-order valence-corrected chi connectivity index (χ0v) is 17.6. The van der Waals surface area contributed by atoms with Crippen molar-refractivity contribution in [2.24, 2.45) is 5.92 Å². The summed E-state index contributed by atoms with van der Waals surface area (Å²) < 4.78 is 11.1. The summed E-state index contributed by atoms with van der Waals surface area (Å²) in [6, 6.07) is 4.34. The lowest BCUT2D eigenvalue weighted by atomic mass is 9.83. The molecule has 0 fully saturated rings. The fourth-order valence-corrected chi connectivity index (χ4v) is 4.03. The molecule has 27 heavy (non-hydrogen) atoms. The van der Waals surface area contributed by atoms with Gasteiger partial charge < -0.3 is 25.0 Å². The van der Waals surface area contributed by atoms with Gasteiger partial charge in [-0.25, -0.2) is 4.79 Å². The van der Waals surface area contributed by atoms with Crippen molar-refractivity contribution in [3.63, 3.8) is 0 Å². The van der Waals surface area contributed by atoms with Crippen LogP contribution in [0, 0.1) is 5.92 Å². The molecule has 1 aliphatic rings. The number of nitrogens with one attached hydrogen (secondary N) is 3. The largest absolute Gasteiger partial charge is 0.493 e. The highest BCUT2D eigenvalue weighted by molar-refractivity contribution is 5.74. The molecular formula is C21H36N3O3+. The minimum absolute atomic E-state index is 0.0361. The second kappa shape index (κ2) is 9.83. The van der Waals surface area contributed by atoms with Crippen molar-refractivity contribution in [3.05, 3.63) is 23.3 Å². The molecule has 2 rings (SSSR count). The number of carbonyl (C=O) groups is 1. The van der Waals surface area contributed by atoms with Gasteiger partial charge in [0.25, 0.3) is 0 Å². The molecule has 0 spiro atoms. The van der Waals surface area contributed by atoms with Gasteiger partial charge in [-0.05, 0) is 37.0 Å². The Balaban J connectivity index is 2.43. The summed E-state index contributed by atoms with van der Waals surface area (Å²) in [7, 11) is 3.34. The van der Waals surface area contributed by atoms with Crippen molar-refractivity contribution in [1.29, 1.82) is 0 Å². The highest BCUT2D eigenvalue weighted by Crippen LogP contribution is 2.35. The topological polar surface area (TPSA) is 64.0 Å². The predicted octanol–water partition coefficient (Wildman–Crippen LogP) is 1.94. The second-order valence-corrected chi connectivity index (χ2v) is 7.57. The first-order chi connectivity index (χ1) is 13.0. The monoisotopic (exact) mass is 378 g/mol. The summed E-state index contributed by atoms with van der Waals surface area (Å²) >= 11 is 0. The molecular weight excluding hydrogens is 342 g/mol. The Hall–Kier alpha value is -1.95. The maximum Gasteiger partial charge on any atom is 0.315 e. The molecule has 0 bridgehead atoms. The van der Waals surface area contributed by atoms with E-state index in [1.807, 2.05) is 0 Å². The Labute approximate surface area is 163 Å². The fourth-order valence-electron chi connectivity index (χ4n) is 4.03. The van der Waals surface area contributed by atoms with Crippen LogP contribution in [0.25, 0.3) is 0 Å². The van der Waals surface area contributed by atoms with Crippen LogP contribution in [0.5, 0.6) is 11.5 Å². The fraction of sp³-hybridized carbons (Fsp3) is 0.667. The first-order valence-corrected chi connectivity index (χ1v) is 10.1. The van der Waals surface area contributed by atoms with Gasteiger partial charge in [0.05, 0.1) is 33.4 Å². The number of hydrogen-bond acceptors (Lipinski definition) is 3. The smallest absolute Gasteiger partial charge is 0.315 e. The number of benzene rings is 1. The molecule has 1 unspecified atom stereocenters. The molecule has 6 heteroatoms. The number of hydrogen-bond donors (Lipinski definition) is 3. The van der Waals surface area contributed by atoms with Crippen molar-refractivity contribution < 1.29 is 19.2 Å². The number of amides is 2. The van der Waals surface area contributed by atoms with Gasteiger partial charge in [0, 0.05) is 18.5 Å². The maximum atomic E-state index is 12.4. The first kappa shape index (κ1) is 21.4. The third-order valence-electron chi connectivity index (χ3n) is 5.50. The first-order valence-electron chi connectivity index (χ1n) is 10.1. The third kappa shape index (κ3) is 4.86. The average molecular weight is 379 g/mol. The molecule has 1 aromatic rings. The van der Waals surface area contributed by atoms with E-state index in [9.17, 15) is 4.79 Å². The zero-order valence-electron chi connectivity index (χ0n) is 17.6. The summed E-state index contributed by atoms with van der Waals surface area (Å²) in [6.45, 7) is 11.4. The van der Waals surface area contributed by atoms with Crippen molar-refractivity contribution in [3.8, 4) is 11.5 Å². The van der Waals surface area contributed by atoms with Gasteiger partial charge in [-0.2, -0.15) is 0 Å². The lowest BCUT2D eigenvalue weighted by Gasteiger charge is -2.40. The molecule has 0 saturated carbocycles. The van der Waals surface area contributed by atoms with E-state index in [0.29, 0.717) is 12.5 Å². The Bertz CT molecular complexity index is 633.